The van der Waals surface area contributed by atoms with Gasteiger partial charge in [-0.3, -0.25) is 9.59 Å². The number of amides is 2. The molecule has 1 saturated carbocycles. The second-order valence-corrected chi connectivity index (χ2v) is 6.41. The van der Waals surface area contributed by atoms with Gasteiger partial charge in [0.1, 0.15) is 0 Å². The van der Waals surface area contributed by atoms with Crippen LogP contribution < -0.4 is 0 Å². The predicted molar refractivity (Wildman–Crippen MR) is 77.7 cm³/mol. The molecule has 0 spiro atoms. The SMILES string of the molecule is CN(C[C@@]12CCC[C@H]1N(C)C(=O)CC2)C(=O)c1ccco1. The molecule has 2 aliphatic rings. The minimum Gasteiger partial charge on any atom is -0.459 e. The van der Waals surface area contributed by atoms with Crippen LogP contribution in [0.25, 0.3) is 0 Å². The van der Waals surface area contributed by atoms with E-state index < -0.39 is 0 Å². The molecule has 5 heteroatoms. The zero-order chi connectivity index (χ0) is 15.0. The number of rotatable bonds is 3. The van der Waals surface area contributed by atoms with Crippen molar-refractivity contribution in [3.8, 4) is 0 Å². The van der Waals surface area contributed by atoms with Crippen LogP contribution in [-0.4, -0.2) is 48.3 Å². The van der Waals surface area contributed by atoms with Crippen molar-refractivity contribution < 1.29 is 14.0 Å². The van der Waals surface area contributed by atoms with Crippen LogP contribution in [0.2, 0.25) is 0 Å². The van der Waals surface area contributed by atoms with E-state index in [-0.39, 0.29) is 23.3 Å². The Morgan fingerprint density at radius 2 is 2.33 bits per heavy atom. The summed E-state index contributed by atoms with van der Waals surface area (Å²) in [6.07, 6.45) is 6.26. The molecule has 2 atom stereocenters. The van der Waals surface area contributed by atoms with Crippen molar-refractivity contribution in [2.24, 2.45) is 5.41 Å². The highest BCUT2D eigenvalue weighted by molar-refractivity contribution is 5.91. The molecule has 0 radical (unpaired) electrons. The number of piperidine rings is 1. The molecule has 2 heterocycles. The molecule has 1 aliphatic carbocycles. The highest BCUT2D eigenvalue weighted by Gasteiger charge is 2.49. The Hall–Kier alpha value is -1.78. The summed E-state index contributed by atoms with van der Waals surface area (Å²) in [7, 11) is 3.73. The summed E-state index contributed by atoms with van der Waals surface area (Å²) in [4.78, 5) is 27.9. The van der Waals surface area contributed by atoms with Gasteiger partial charge in [-0.05, 0) is 31.4 Å². The molecule has 2 fully saturated rings. The Bertz CT molecular complexity index is 540. The molecule has 1 aromatic rings. The van der Waals surface area contributed by atoms with Crippen molar-refractivity contribution in [2.45, 2.75) is 38.1 Å². The predicted octanol–water partition coefficient (Wildman–Crippen LogP) is 2.14. The number of nitrogens with zero attached hydrogens (tertiary/aromatic N) is 2. The molecule has 2 amide bonds. The Kier molecular flexibility index (Phi) is 3.51. The average molecular weight is 290 g/mol. The summed E-state index contributed by atoms with van der Waals surface area (Å²) in [5.41, 5.74) is 0.0552. The zero-order valence-corrected chi connectivity index (χ0v) is 12.7. The Balaban J connectivity index is 1.76. The number of carbonyl (C=O) groups excluding carboxylic acids is 2. The van der Waals surface area contributed by atoms with Crippen molar-refractivity contribution in [1.82, 2.24) is 9.80 Å². The van der Waals surface area contributed by atoms with E-state index in [1.165, 1.54) is 6.26 Å². The first-order chi connectivity index (χ1) is 10.0. The summed E-state index contributed by atoms with van der Waals surface area (Å²) in [6.45, 7) is 0.689. The third kappa shape index (κ3) is 2.34. The van der Waals surface area contributed by atoms with Crippen LogP contribution in [0, 0.1) is 5.41 Å². The summed E-state index contributed by atoms with van der Waals surface area (Å²) in [6, 6.07) is 3.69. The van der Waals surface area contributed by atoms with Gasteiger partial charge in [-0.15, -0.1) is 0 Å². The monoisotopic (exact) mass is 290 g/mol. The van der Waals surface area contributed by atoms with Gasteiger partial charge < -0.3 is 14.2 Å². The van der Waals surface area contributed by atoms with Crippen LogP contribution in [0.15, 0.2) is 22.8 Å². The molecule has 1 saturated heterocycles. The molecule has 0 aromatic carbocycles. The molecule has 21 heavy (non-hydrogen) atoms. The average Bonchev–Trinajstić information content (AvgIpc) is 3.12. The largest absolute Gasteiger partial charge is 0.459 e. The minimum absolute atomic E-state index is 0.0552. The van der Waals surface area contributed by atoms with Gasteiger partial charge in [-0.2, -0.15) is 0 Å². The molecule has 1 aromatic heterocycles. The Morgan fingerprint density at radius 3 is 3.05 bits per heavy atom. The standard InChI is InChI=1S/C16H22N2O3/c1-17(15(20)12-5-4-10-21-12)11-16-8-3-6-13(16)18(2)14(19)7-9-16/h4-5,10,13H,3,6-9,11H2,1-2H3/t13-,16+/m1/s1. The second-order valence-electron chi connectivity index (χ2n) is 6.41. The quantitative estimate of drug-likeness (QED) is 0.857. The van der Waals surface area contributed by atoms with Crippen molar-refractivity contribution >= 4 is 11.8 Å². The van der Waals surface area contributed by atoms with Crippen LogP contribution >= 0.6 is 0 Å². The maximum Gasteiger partial charge on any atom is 0.289 e. The number of hydrogen-bond donors (Lipinski definition) is 0. The van der Waals surface area contributed by atoms with Gasteiger partial charge in [0, 0.05) is 38.5 Å². The van der Waals surface area contributed by atoms with Crippen LogP contribution in [0.4, 0.5) is 0 Å². The van der Waals surface area contributed by atoms with E-state index in [2.05, 4.69) is 0 Å². The van der Waals surface area contributed by atoms with Gasteiger partial charge in [0.25, 0.3) is 5.91 Å². The third-order valence-electron chi connectivity index (χ3n) is 5.19. The fraction of sp³-hybridized carbons (Fsp3) is 0.625. The number of furan rings is 1. The van der Waals surface area contributed by atoms with Crippen LogP contribution in [-0.2, 0) is 4.79 Å². The maximum absolute atomic E-state index is 12.4. The third-order valence-corrected chi connectivity index (χ3v) is 5.19. The first kappa shape index (κ1) is 14.2. The van der Waals surface area contributed by atoms with E-state index in [1.807, 2.05) is 19.0 Å². The molecule has 0 unspecified atom stereocenters. The molecule has 5 nitrogen and oxygen atoms in total. The van der Waals surface area contributed by atoms with Crippen molar-refractivity contribution in [2.75, 3.05) is 20.6 Å². The summed E-state index contributed by atoms with van der Waals surface area (Å²) >= 11 is 0. The number of fused-ring (bicyclic) bond motifs is 1. The Morgan fingerprint density at radius 1 is 1.52 bits per heavy atom. The first-order valence-electron chi connectivity index (χ1n) is 7.58. The van der Waals surface area contributed by atoms with E-state index in [4.69, 9.17) is 4.42 Å². The molecule has 0 N–H and O–H groups in total. The molecule has 3 rings (SSSR count). The van der Waals surface area contributed by atoms with Gasteiger partial charge >= 0.3 is 0 Å². The zero-order valence-electron chi connectivity index (χ0n) is 12.7. The van der Waals surface area contributed by atoms with Crippen molar-refractivity contribution in [3.05, 3.63) is 24.2 Å². The molecular formula is C16H22N2O3. The van der Waals surface area contributed by atoms with Crippen molar-refractivity contribution in [3.63, 3.8) is 0 Å². The number of carbonyl (C=O) groups is 2. The smallest absolute Gasteiger partial charge is 0.289 e. The van der Waals surface area contributed by atoms with Gasteiger partial charge in [0.2, 0.25) is 5.91 Å². The lowest BCUT2D eigenvalue weighted by Crippen LogP contribution is -2.54. The van der Waals surface area contributed by atoms with E-state index in [9.17, 15) is 9.59 Å². The van der Waals surface area contributed by atoms with E-state index >= 15 is 0 Å². The molecule has 0 bridgehead atoms. The maximum atomic E-state index is 12.4. The summed E-state index contributed by atoms with van der Waals surface area (Å²) in [5, 5.41) is 0. The van der Waals surface area contributed by atoms with Gasteiger partial charge in [0.15, 0.2) is 5.76 Å². The fourth-order valence-corrected chi connectivity index (χ4v) is 4.12. The second kappa shape index (κ2) is 5.20. The lowest BCUT2D eigenvalue weighted by atomic mass is 9.74. The first-order valence-corrected chi connectivity index (χ1v) is 7.58. The van der Waals surface area contributed by atoms with Crippen LogP contribution in [0.3, 0.4) is 0 Å². The molecular weight excluding hydrogens is 268 g/mol. The summed E-state index contributed by atoms with van der Waals surface area (Å²) < 4.78 is 5.20. The van der Waals surface area contributed by atoms with Crippen LogP contribution in [0.5, 0.6) is 0 Å². The lowest BCUT2D eigenvalue weighted by molar-refractivity contribution is -0.140. The van der Waals surface area contributed by atoms with Gasteiger partial charge in [0.05, 0.1) is 6.26 Å². The summed E-state index contributed by atoms with van der Waals surface area (Å²) in [5.74, 6) is 0.529. The highest BCUT2D eigenvalue weighted by atomic mass is 16.3. The topological polar surface area (TPSA) is 53.8 Å². The molecule has 1 aliphatic heterocycles. The van der Waals surface area contributed by atoms with E-state index in [0.717, 1.165) is 25.7 Å². The minimum atomic E-state index is -0.0837. The normalized spacial score (nSPS) is 28.6. The lowest BCUT2D eigenvalue weighted by Gasteiger charge is -2.46. The highest BCUT2D eigenvalue weighted by Crippen LogP contribution is 2.48. The van der Waals surface area contributed by atoms with E-state index in [0.29, 0.717) is 18.7 Å². The number of hydrogen-bond acceptors (Lipinski definition) is 3. The molecule has 114 valence electrons. The van der Waals surface area contributed by atoms with Gasteiger partial charge in [-0.1, -0.05) is 6.42 Å². The van der Waals surface area contributed by atoms with Gasteiger partial charge in [-0.25, -0.2) is 0 Å². The Labute approximate surface area is 124 Å². The van der Waals surface area contributed by atoms with E-state index in [1.54, 1.807) is 17.0 Å². The van der Waals surface area contributed by atoms with Crippen LogP contribution in [0.1, 0.15) is 42.7 Å². The van der Waals surface area contributed by atoms with Crippen molar-refractivity contribution in [1.29, 1.82) is 0 Å². The number of likely N-dealkylation sites (tertiary alicyclic amines) is 1. The fourth-order valence-electron chi connectivity index (χ4n) is 4.12.